The van der Waals surface area contributed by atoms with E-state index in [9.17, 15) is 9.59 Å². The van der Waals surface area contributed by atoms with Crippen molar-refractivity contribution in [1.29, 1.82) is 0 Å². The van der Waals surface area contributed by atoms with E-state index >= 15 is 0 Å². The fraction of sp³-hybridized carbons (Fsp3) is 0.214. The van der Waals surface area contributed by atoms with Gasteiger partial charge in [0.05, 0.1) is 12.1 Å². The number of hydrogen-bond acceptors (Lipinski definition) is 4. The minimum absolute atomic E-state index is 0.0627. The zero-order valence-electron chi connectivity index (χ0n) is 10.8. The maximum atomic E-state index is 12.4. The Hall–Kier alpha value is -2.63. The summed E-state index contributed by atoms with van der Waals surface area (Å²) in [6, 6.07) is 8.96. The first-order valence-corrected chi connectivity index (χ1v) is 6.36. The number of amides is 2. The van der Waals surface area contributed by atoms with Gasteiger partial charge in [-0.2, -0.15) is 0 Å². The molecule has 0 radical (unpaired) electrons. The minimum atomic E-state index is -0.266. The molecule has 1 aliphatic heterocycles. The third-order valence-electron chi connectivity index (χ3n) is 3.29. The highest BCUT2D eigenvalue weighted by atomic mass is 16.2. The number of carbonyl (C=O) groups is 2. The summed E-state index contributed by atoms with van der Waals surface area (Å²) in [7, 11) is 0. The predicted molar refractivity (Wildman–Crippen MR) is 75.1 cm³/mol. The molecule has 6 heteroatoms. The molecule has 0 saturated carbocycles. The molecule has 1 fully saturated rings. The number of anilines is 1. The van der Waals surface area contributed by atoms with Gasteiger partial charge in [0.15, 0.2) is 0 Å². The lowest BCUT2D eigenvalue weighted by Gasteiger charge is -2.26. The molecule has 3 N–H and O–H groups in total. The number of fused-ring (bicyclic) bond motifs is 1. The number of nitrogens with two attached hydrogens (primary N) is 1. The number of aromatic nitrogens is 1. The van der Waals surface area contributed by atoms with Gasteiger partial charge in [0, 0.05) is 24.2 Å². The van der Waals surface area contributed by atoms with Crippen LogP contribution in [0.25, 0.3) is 10.9 Å². The maximum Gasteiger partial charge on any atom is 0.273 e. The van der Waals surface area contributed by atoms with E-state index in [1.807, 2.05) is 24.3 Å². The number of benzene rings is 1. The molecule has 20 heavy (non-hydrogen) atoms. The van der Waals surface area contributed by atoms with Gasteiger partial charge in [0.1, 0.15) is 5.69 Å². The highest BCUT2D eigenvalue weighted by molar-refractivity contribution is 6.00. The maximum absolute atomic E-state index is 12.4. The van der Waals surface area contributed by atoms with E-state index in [4.69, 9.17) is 5.73 Å². The van der Waals surface area contributed by atoms with Crippen LogP contribution >= 0.6 is 0 Å². The molecule has 2 amide bonds. The second-order valence-corrected chi connectivity index (χ2v) is 4.69. The molecule has 0 unspecified atom stereocenters. The molecule has 3 rings (SSSR count). The summed E-state index contributed by atoms with van der Waals surface area (Å²) in [5.41, 5.74) is 7.43. The van der Waals surface area contributed by atoms with Gasteiger partial charge in [-0.3, -0.25) is 9.59 Å². The SMILES string of the molecule is Nc1cc(C(=O)N2CCNC(=O)C2)nc2ccccc12. The van der Waals surface area contributed by atoms with Crippen molar-refractivity contribution in [2.75, 3.05) is 25.4 Å². The Bertz CT molecular complexity index is 699. The lowest BCUT2D eigenvalue weighted by molar-refractivity contribution is -0.123. The standard InChI is InChI=1S/C14H14N4O2/c15-10-7-12(17-11-4-2-1-3-9(10)11)14(20)18-6-5-16-13(19)8-18/h1-4,7H,5-6,8H2,(H2,15,17)(H,16,19). The first-order valence-electron chi connectivity index (χ1n) is 6.36. The number of nitrogen functional groups attached to an aromatic ring is 1. The van der Waals surface area contributed by atoms with Crippen LogP contribution < -0.4 is 11.1 Å². The van der Waals surface area contributed by atoms with Crippen molar-refractivity contribution in [2.24, 2.45) is 0 Å². The summed E-state index contributed by atoms with van der Waals surface area (Å²) >= 11 is 0. The van der Waals surface area contributed by atoms with Crippen LogP contribution in [0.1, 0.15) is 10.5 Å². The molecule has 1 aromatic carbocycles. The number of para-hydroxylation sites is 1. The van der Waals surface area contributed by atoms with E-state index in [1.54, 1.807) is 6.07 Å². The average molecular weight is 270 g/mol. The molecule has 0 bridgehead atoms. The van der Waals surface area contributed by atoms with Gasteiger partial charge in [-0.05, 0) is 12.1 Å². The monoisotopic (exact) mass is 270 g/mol. The van der Waals surface area contributed by atoms with Gasteiger partial charge >= 0.3 is 0 Å². The van der Waals surface area contributed by atoms with Crippen molar-refractivity contribution >= 4 is 28.4 Å². The fourth-order valence-electron chi connectivity index (χ4n) is 2.29. The van der Waals surface area contributed by atoms with Crippen LogP contribution in [0.2, 0.25) is 0 Å². The summed E-state index contributed by atoms with van der Waals surface area (Å²) < 4.78 is 0. The molecule has 6 nitrogen and oxygen atoms in total. The Morgan fingerprint density at radius 1 is 1.35 bits per heavy atom. The lowest BCUT2D eigenvalue weighted by Crippen LogP contribution is -2.50. The smallest absolute Gasteiger partial charge is 0.273 e. The van der Waals surface area contributed by atoms with Crippen molar-refractivity contribution in [3.63, 3.8) is 0 Å². The fourth-order valence-corrected chi connectivity index (χ4v) is 2.29. The first kappa shape index (κ1) is 12.4. The Morgan fingerprint density at radius 3 is 2.95 bits per heavy atom. The van der Waals surface area contributed by atoms with Crippen molar-refractivity contribution in [1.82, 2.24) is 15.2 Å². The molecular formula is C14H14N4O2. The van der Waals surface area contributed by atoms with E-state index < -0.39 is 0 Å². The number of rotatable bonds is 1. The van der Waals surface area contributed by atoms with Gasteiger partial charge in [-0.25, -0.2) is 4.98 Å². The number of carbonyl (C=O) groups excluding carboxylic acids is 2. The largest absolute Gasteiger partial charge is 0.398 e. The molecule has 1 aliphatic rings. The number of hydrogen-bond donors (Lipinski definition) is 2. The Morgan fingerprint density at radius 2 is 2.15 bits per heavy atom. The third kappa shape index (κ3) is 2.16. The van der Waals surface area contributed by atoms with Crippen LogP contribution in [0.3, 0.4) is 0 Å². The normalized spacial score (nSPS) is 15.2. The lowest BCUT2D eigenvalue weighted by atomic mass is 10.1. The van der Waals surface area contributed by atoms with Gasteiger partial charge in [-0.15, -0.1) is 0 Å². The number of nitrogens with one attached hydrogen (secondary N) is 1. The van der Waals surface area contributed by atoms with E-state index in [1.165, 1.54) is 4.90 Å². The van der Waals surface area contributed by atoms with E-state index in [0.717, 1.165) is 5.39 Å². The zero-order valence-corrected chi connectivity index (χ0v) is 10.8. The second-order valence-electron chi connectivity index (χ2n) is 4.69. The summed E-state index contributed by atoms with van der Waals surface area (Å²) in [4.78, 5) is 29.5. The summed E-state index contributed by atoms with van der Waals surface area (Å²) in [5, 5.41) is 3.50. The number of piperazine rings is 1. The number of pyridine rings is 1. The van der Waals surface area contributed by atoms with Crippen LogP contribution in [0.5, 0.6) is 0 Å². The Balaban J connectivity index is 1.97. The van der Waals surface area contributed by atoms with Crippen molar-refractivity contribution < 1.29 is 9.59 Å². The Labute approximate surface area is 115 Å². The van der Waals surface area contributed by atoms with Crippen molar-refractivity contribution in [3.05, 3.63) is 36.0 Å². The molecule has 102 valence electrons. The Kier molecular flexibility index (Phi) is 2.98. The van der Waals surface area contributed by atoms with Crippen LogP contribution in [-0.2, 0) is 4.79 Å². The van der Waals surface area contributed by atoms with Gasteiger partial charge in [-0.1, -0.05) is 18.2 Å². The molecule has 1 aromatic heterocycles. The zero-order chi connectivity index (χ0) is 14.1. The van der Waals surface area contributed by atoms with Gasteiger partial charge < -0.3 is 16.0 Å². The highest BCUT2D eigenvalue weighted by Crippen LogP contribution is 2.20. The quantitative estimate of drug-likeness (QED) is 0.784. The first-order chi connectivity index (χ1) is 9.65. The summed E-state index contributed by atoms with van der Waals surface area (Å²) in [6.45, 7) is 1.01. The third-order valence-corrected chi connectivity index (χ3v) is 3.29. The second kappa shape index (κ2) is 4.80. The van der Waals surface area contributed by atoms with Crippen molar-refractivity contribution in [2.45, 2.75) is 0 Å². The highest BCUT2D eigenvalue weighted by Gasteiger charge is 2.23. The minimum Gasteiger partial charge on any atom is -0.398 e. The van der Waals surface area contributed by atoms with E-state index in [0.29, 0.717) is 24.3 Å². The molecule has 2 aromatic rings. The van der Waals surface area contributed by atoms with Crippen molar-refractivity contribution in [3.8, 4) is 0 Å². The van der Waals surface area contributed by atoms with Gasteiger partial charge in [0.2, 0.25) is 5.91 Å². The van der Waals surface area contributed by atoms with Crippen LogP contribution in [0, 0.1) is 0 Å². The molecule has 2 heterocycles. The van der Waals surface area contributed by atoms with E-state index in [-0.39, 0.29) is 24.1 Å². The van der Waals surface area contributed by atoms with E-state index in [2.05, 4.69) is 10.3 Å². The van der Waals surface area contributed by atoms with Gasteiger partial charge in [0.25, 0.3) is 5.91 Å². The molecule has 0 aliphatic carbocycles. The summed E-state index contributed by atoms with van der Waals surface area (Å²) in [5.74, 6) is -0.421. The molecule has 0 spiro atoms. The van der Waals surface area contributed by atoms with Crippen LogP contribution in [0.15, 0.2) is 30.3 Å². The van der Waals surface area contributed by atoms with Crippen LogP contribution in [0.4, 0.5) is 5.69 Å². The average Bonchev–Trinajstić information content (AvgIpc) is 2.46. The summed E-state index contributed by atoms with van der Waals surface area (Å²) in [6.07, 6.45) is 0. The predicted octanol–water partition coefficient (Wildman–Crippen LogP) is 0.389. The number of nitrogens with zero attached hydrogens (tertiary/aromatic N) is 2. The molecule has 0 atom stereocenters. The topological polar surface area (TPSA) is 88.3 Å². The molecule has 1 saturated heterocycles. The van der Waals surface area contributed by atoms with Crippen LogP contribution in [-0.4, -0.2) is 41.3 Å². The molecular weight excluding hydrogens is 256 g/mol.